The number of benzene rings is 1. The molecule has 16 heavy (non-hydrogen) atoms. The van der Waals surface area contributed by atoms with Crippen molar-refractivity contribution in [3.8, 4) is 0 Å². The first kappa shape index (κ1) is 10.7. The van der Waals surface area contributed by atoms with Gasteiger partial charge in [0.15, 0.2) is 6.29 Å². The van der Waals surface area contributed by atoms with E-state index in [2.05, 4.69) is 9.71 Å². The summed E-state index contributed by atoms with van der Waals surface area (Å²) in [5, 5.41) is 0.788. The summed E-state index contributed by atoms with van der Waals surface area (Å²) in [6.45, 7) is 0. The number of aromatic amines is 1. The maximum absolute atomic E-state index is 11.0. The molecule has 84 valence electrons. The standard InChI is InChI=1S/C10H10N2O3S/c1-16(14,15)12-8-2-3-10-7(4-8)5-9(6-13)11-10/h2-6,11-12H,1H3. The number of aldehydes is 1. The van der Waals surface area contributed by atoms with Gasteiger partial charge in [0.05, 0.1) is 11.9 Å². The minimum Gasteiger partial charge on any atom is -0.352 e. The highest BCUT2D eigenvalue weighted by atomic mass is 32.2. The predicted octanol–water partition coefficient (Wildman–Crippen LogP) is 1.35. The van der Waals surface area contributed by atoms with E-state index in [4.69, 9.17) is 0 Å². The van der Waals surface area contributed by atoms with Crippen LogP contribution in [0.2, 0.25) is 0 Å². The zero-order valence-electron chi connectivity index (χ0n) is 8.52. The molecule has 0 fully saturated rings. The first-order valence-corrected chi connectivity index (χ1v) is 6.43. The molecule has 6 heteroatoms. The van der Waals surface area contributed by atoms with Crippen LogP contribution in [0.4, 0.5) is 5.69 Å². The molecule has 0 amide bonds. The Morgan fingerprint density at radius 3 is 2.69 bits per heavy atom. The van der Waals surface area contributed by atoms with Crippen molar-refractivity contribution in [1.29, 1.82) is 0 Å². The molecule has 1 aromatic heterocycles. The van der Waals surface area contributed by atoms with Gasteiger partial charge >= 0.3 is 0 Å². The van der Waals surface area contributed by atoms with Crippen LogP contribution in [0.3, 0.4) is 0 Å². The quantitative estimate of drug-likeness (QED) is 0.792. The number of hydrogen-bond donors (Lipinski definition) is 2. The Morgan fingerprint density at radius 1 is 1.31 bits per heavy atom. The number of rotatable bonds is 3. The molecule has 0 bridgehead atoms. The van der Waals surface area contributed by atoms with Crippen LogP contribution < -0.4 is 4.72 Å². The van der Waals surface area contributed by atoms with Gasteiger partial charge in [-0.1, -0.05) is 0 Å². The third kappa shape index (κ3) is 2.22. The highest BCUT2D eigenvalue weighted by molar-refractivity contribution is 7.92. The number of nitrogens with one attached hydrogen (secondary N) is 2. The van der Waals surface area contributed by atoms with Crippen molar-refractivity contribution >= 4 is 32.9 Å². The van der Waals surface area contributed by atoms with E-state index < -0.39 is 10.0 Å². The van der Waals surface area contributed by atoms with Gasteiger partial charge in [0.25, 0.3) is 0 Å². The number of sulfonamides is 1. The van der Waals surface area contributed by atoms with Crippen molar-refractivity contribution in [3.63, 3.8) is 0 Å². The maximum Gasteiger partial charge on any atom is 0.229 e. The summed E-state index contributed by atoms with van der Waals surface area (Å²) in [4.78, 5) is 13.4. The van der Waals surface area contributed by atoms with Crippen LogP contribution in [0, 0.1) is 0 Å². The lowest BCUT2D eigenvalue weighted by molar-refractivity contribution is 0.112. The summed E-state index contributed by atoms with van der Waals surface area (Å²) < 4.78 is 24.4. The number of H-pyrrole nitrogens is 1. The van der Waals surface area contributed by atoms with Crippen molar-refractivity contribution in [3.05, 3.63) is 30.0 Å². The van der Waals surface area contributed by atoms with Crippen LogP contribution >= 0.6 is 0 Å². The van der Waals surface area contributed by atoms with Crippen LogP contribution in [0.1, 0.15) is 10.5 Å². The molecule has 0 aliphatic rings. The van der Waals surface area contributed by atoms with Gasteiger partial charge in [-0.2, -0.15) is 0 Å². The molecule has 0 saturated heterocycles. The molecule has 2 N–H and O–H groups in total. The lowest BCUT2D eigenvalue weighted by Gasteiger charge is -2.02. The molecule has 0 saturated carbocycles. The fraction of sp³-hybridized carbons (Fsp3) is 0.100. The predicted molar refractivity (Wildman–Crippen MR) is 62.2 cm³/mol. The Labute approximate surface area is 92.5 Å². The zero-order chi connectivity index (χ0) is 11.8. The molecule has 1 aromatic carbocycles. The Bertz CT molecular complexity index is 643. The summed E-state index contributed by atoms with van der Waals surface area (Å²) in [7, 11) is -3.27. The summed E-state index contributed by atoms with van der Waals surface area (Å²) in [5.41, 5.74) is 1.74. The maximum atomic E-state index is 11.0. The van der Waals surface area contributed by atoms with E-state index in [9.17, 15) is 13.2 Å². The number of carbonyl (C=O) groups is 1. The lowest BCUT2D eigenvalue weighted by Crippen LogP contribution is -2.09. The molecule has 1 heterocycles. The molecule has 0 radical (unpaired) electrons. The average Bonchev–Trinajstić information content (AvgIpc) is 2.57. The third-order valence-corrected chi connectivity index (χ3v) is 2.68. The van der Waals surface area contributed by atoms with Gasteiger partial charge in [-0.3, -0.25) is 9.52 Å². The highest BCUT2D eigenvalue weighted by Gasteiger charge is 2.04. The van der Waals surface area contributed by atoms with E-state index in [1.165, 1.54) is 0 Å². The van der Waals surface area contributed by atoms with Crippen LogP contribution in [0.15, 0.2) is 24.3 Å². The minimum atomic E-state index is -3.27. The smallest absolute Gasteiger partial charge is 0.229 e. The van der Waals surface area contributed by atoms with E-state index in [-0.39, 0.29) is 0 Å². The minimum absolute atomic E-state index is 0.464. The number of anilines is 1. The summed E-state index contributed by atoms with van der Waals surface area (Å²) in [6, 6.07) is 6.68. The second-order valence-electron chi connectivity index (χ2n) is 3.52. The lowest BCUT2D eigenvalue weighted by atomic mass is 10.2. The Balaban J connectivity index is 2.47. The molecular formula is C10H10N2O3S. The van der Waals surface area contributed by atoms with Gasteiger partial charge in [-0.15, -0.1) is 0 Å². The first-order valence-electron chi connectivity index (χ1n) is 4.54. The molecule has 5 nitrogen and oxygen atoms in total. The molecule has 2 aromatic rings. The van der Waals surface area contributed by atoms with Gasteiger partial charge < -0.3 is 4.98 Å². The number of hydrogen-bond acceptors (Lipinski definition) is 3. The van der Waals surface area contributed by atoms with Gasteiger partial charge in [-0.05, 0) is 24.3 Å². The van der Waals surface area contributed by atoms with E-state index in [1.54, 1.807) is 24.3 Å². The van der Waals surface area contributed by atoms with E-state index in [0.29, 0.717) is 17.7 Å². The normalized spacial score (nSPS) is 11.6. The number of aromatic nitrogens is 1. The van der Waals surface area contributed by atoms with E-state index in [1.807, 2.05) is 0 Å². The highest BCUT2D eigenvalue weighted by Crippen LogP contribution is 2.20. The molecule has 0 aliphatic carbocycles. The fourth-order valence-electron chi connectivity index (χ4n) is 1.50. The van der Waals surface area contributed by atoms with Crippen molar-refractivity contribution in [2.24, 2.45) is 0 Å². The Hall–Kier alpha value is -1.82. The average molecular weight is 238 g/mol. The van der Waals surface area contributed by atoms with Crippen LogP contribution in [-0.2, 0) is 10.0 Å². The van der Waals surface area contributed by atoms with E-state index in [0.717, 1.165) is 17.2 Å². The number of fused-ring (bicyclic) bond motifs is 1. The van der Waals surface area contributed by atoms with Crippen molar-refractivity contribution < 1.29 is 13.2 Å². The summed E-state index contributed by atoms with van der Waals surface area (Å²) in [6.07, 6.45) is 1.80. The Morgan fingerprint density at radius 2 is 2.06 bits per heavy atom. The topological polar surface area (TPSA) is 79.0 Å². The monoisotopic (exact) mass is 238 g/mol. The van der Waals surface area contributed by atoms with Crippen molar-refractivity contribution in [2.45, 2.75) is 0 Å². The fourth-order valence-corrected chi connectivity index (χ4v) is 2.05. The van der Waals surface area contributed by atoms with Crippen LogP contribution in [0.25, 0.3) is 10.9 Å². The molecule has 0 aliphatic heterocycles. The van der Waals surface area contributed by atoms with Gasteiger partial charge in [0.1, 0.15) is 0 Å². The molecule has 0 atom stereocenters. The van der Waals surface area contributed by atoms with Crippen LogP contribution in [-0.4, -0.2) is 25.9 Å². The van der Waals surface area contributed by atoms with Crippen LogP contribution in [0.5, 0.6) is 0 Å². The Kier molecular flexibility index (Phi) is 2.43. The summed E-state index contributed by atoms with van der Waals surface area (Å²) >= 11 is 0. The van der Waals surface area contributed by atoms with Gasteiger partial charge in [0.2, 0.25) is 10.0 Å². The third-order valence-electron chi connectivity index (χ3n) is 2.07. The molecule has 2 rings (SSSR count). The van der Waals surface area contributed by atoms with Crippen molar-refractivity contribution in [1.82, 2.24) is 4.98 Å². The van der Waals surface area contributed by atoms with Crippen molar-refractivity contribution in [2.75, 3.05) is 11.0 Å². The second kappa shape index (κ2) is 3.64. The molecule has 0 unspecified atom stereocenters. The first-order chi connectivity index (χ1) is 7.48. The van der Waals surface area contributed by atoms with E-state index >= 15 is 0 Å². The van der Waals surface area contributed by atoms with Gasteiger partial charge in [0, 0.05) is 16.6 Å². The molecule has 0 spiro atoms. The van der Waals surface area contributed by atoms with Gasteiger partial charge in [-0.25, -0.2) is 8.42 Å². The zero-order valence-corrected chi connectivity index (χ0v) is 9.34. The second-order valence-corrected chi connectivity index (χ2v) is 5.27. The number of carbonyl (C=O) groups excluding carboxylic acids is 1. The molecular weight excluding hydrogens is 228 g/mol. The SMILES string of the molecule is CS(=O)(=O)Nc1ccc2[nH]c(C=O)cc2c1. The largest absolute Gasteiger partial charge is 0.352 e. The summed E-state index contributed by atoms with van der Waals surface area (Å²) in [5.74, 6) is 0.